The maximum absolute atomic E-state index is 10.3. The second-order valence-corrected chi connectivity index (χ2v) is 11.9. The lowest BCUT2D eigenvalue weighted by atomic mass is 9.61. The molecule has 0 aromatic heterocycles. The number of hydrogen-bond donors (Lipinski definition) is 3. The van der Waals surface area contributed by atoms with Gasteiger partial charge in [-0.3, -0.25) is 0 Å². The number of aliphatic hydroxyl groups is 3. The third-order valence-corrected chi connectivity index (χ3v) is 9.47. The first-order valence-electron chi connectivity index (χ1n) is 13.0. The summed E-state index contributed by atoms with van der Waals surface area (Å²) in [5.41, 5.74) is 3.25. The van der Waals surface area contributed by atoms with Crippen molar-refractivity contribution in [2.24, 2.45) is 23.2 Å². The molecule has 4 aliphatic rings. The Kier molecular flexibility index (Phi) is 7.08. The summed E-state index contributed by atoms with van der Waals surface area (Å²) in [6.07, 6.45) is 12.5. The van der Waals surface area contributed by atoms with Crippen molar-refractivity contribution in [2.75, 3.05) is 19.6 Å². The van der Waals surface area contributed by atoms with Gasteiger partial charge in [-0.1, -0.05) is 38.2 Å². The van der Waals surface area contributed by atoms with Gasteiger partial charge in [-0.25, -0.2) is 0 Å². The predicted octanol–water partition coefficient (Wildman–Crippen LogP) is 4.61. The molecule has 0 spiro atoms. The Balaban J connectivity index is 1.44. The van der Waals surface area contributed by atoms with E-state index in [-0.39, 0.29) is 0 Å². The molecule has 6 atom stereocenters. The van der Waals surface area contributed by atoms with E-state index in [0.29, 0.717) is 30.1 Å². The van der Waals surface area contributed by atoms with E-state index in [9.17, 15) is 15.3 Å². The molecule has 32 heavy (non-hydrogen) atoms. The summed E-state index contributed by atoms with van der Waals surface area (Å²) in [6, 6.07) is 0. The Morgan fingerprint density at radius 2 is 1.84 bits per heavy atom. The van der Waals surface area contributed by atoms with E-state index < -0.39 is 17.8 Å². The van der Waals surface area contributed by atoms with Gasteiger partial charge in [0.25, 0.3) is 0 Å². The number of rotatable bonds is 4. The van der Waals surface area contributed by atoms with Crippen LogP contribution in [0, 0.1) is 23.2 Å². The van der Waals surface area contributed by atoms with E-state index in [1.807, 2.05) is 6.92 Å². The minimum atomic E-state index is -0.616. The molecule has 0 radical (unpaired) electrons. The standard InChI is InChI=1S/C28H45NO3/c1-19(18-29-14-12-27(3,32)13-15-29)24-9-10-25-21(6-5-11-28(24,25)4)7-8-22-16-23(30)17-26(31)20(22)2/h7-8,19,23-26,30-32H,2,5-6,9-18H2,1,3-4H3/b21-7+,22-8-/t19-,23?,24+,25-,26?,28+/m0/s1. The quantitative estimate of drug-likeness (QED) is 0.594. The third-order valence-electron chi connectivity index (χ3n) is 9.47. The fraction of sp³-hybridized carbons (Fsp3) is 0.786. The fourth-order valence-corrected chi connectivity index (χ4v) is 7.43. The molecule has 1 saturated heterocycles. The molecular formula is C28H45NO3. The van der Waals surface area contributed by atoms with Crippen molar-refractivity contribution in [1.82, 2.24) is 4.90 Å². The smallest absolute Gasteiger partial charge is 0.0811 e. The van der Waals surface area contributed by atoms with Gasteiger partial charge < -0.3 is 20.2 Å². The zero-order chi connectivity index (χ0) is 23.1. The molecule has 4 nitrogen and oxygen atoms in total. The molecule has 1 aliphatic heterocycles. The van der Waals surface area contributed by atoms with E-state index in [2.05, 4.69) is 37.5 Å². The maximum Gasteiger partial charge on any atom is 0.0811 e. The molecule has 0 aromatic rings. The highest BCUT2D eigenvalue weighted by Gasteiger charge is 2.50. The van der Waals surface area contributed by atoms with Crippen LogP contribution in [-0.2, 0) is 0 Å². The molecular weight excluding hydrogens is 398 g/mol. The highest BCUT2D eigenvalue weighted by atomic mass is 16.3. The second kappa shape index (κ2) is 9.37. The minimum Gasteiger partial charge on any atom is -0.393 e. The molecule has 4 rings (SSSR count). The number of allylic oxidation sites excluding steroid dienone is 3. The first kappa shape index (κ1) is 24.2. The van der Waals surface area contributed by atoms with Gasteiger partial charge in [0, 0.05) is 26.1 Å². The second-order valence-electron chi connectivity index (χ2n) is 11.9. The summed E-state index contributed by atoms with van der Waals surface area (Å²) in [6.45, 7) is 14.2. The Bertz CT molecular complexity index is 759. The van der Waals surface area contributed by atoms with Crippen LogP contribution in [0.25, 0.3) is 0 Å². The minimum absolute atomic E-state index is 0.367. The van der Waals surface area contributed by atoms with Crippen molar-refractivity contribution in [2.45, 2.75) is 96.4 Å². The van der Waals surface area contributed by atoms with Gasteiger partial charge in [0.1, 0.15) is 0 Å². The number of nitrogens with zero attached hydrogens (tertiary/aromatic N) is 1. The average Bonchev–Trinajstić information content (AvgIpc) is 3.08. The first-order valence-corrected chi connectivity index (χ1v) is 13.0. The van der Waals surface area contributed by atoms with E-state index in [1.165, 1.54) is 32.1 Å². The van der Waals surface area contributed by atoms with E-state index >= 15 is 0 Å². The molecule has 3 N–H and O–H groups in total. The van der Waals surface area contributed by atoms with Gasteiger partial charge in [-0.15, -0.1) is 0 Å². The topological polar surface area (TPSA) is 63.9 Å². The third kappa shape index (κ3) is 4.94. The number of aliphatic hydroxyl groups excluding tert-OH is 2. The monoisotopic (exact) mass is 443 g/mol. The van der Waals surface area contributed by atoms with E-state index in [0.717, 1.165) is 49.5 Å². The van der Waals surface area contributed by atoms with Crippen LogP contribution in [-0.4, -0.2) is 57.7 Å². The SMILES string of the molecule is C=C1/C(=C\C=C2/CCC[C@]3(C)[C@@H]([C@@H](C)CN4CCC(C)(O)CC4)CC[C@@H]23)CC(O)CC1O. The van der Waals surface area contributed by atoms with Gasteiger partial charge in [0.2, 0.25) is 0 Å². The lowest BCUT2D eigenvalue weighted by molar-refractivity contribution is -0.0145. The van der Waals surface area contributed by atoms with Crippen molar-refractivity contribution in [1.29, 1.82) is 0 Å². The van der Waals surface area contributed by atoms with Crippen LogP contribution >= 0.6 is 0 Å². The first-order chi connectivity index (χ1) is 15.1. The van der Waals surface area contributed by atoms with Crippen molar-refractivity contribution in [3.8, 4) is 0 Å². The summed E-state index contributed by atoms with van der Waals surface area (Å²) in [5, 5.41) is 30.5. The summed E-state index contributed by atoms with van der Waals surface area (Å²) in [7, 11) is 0. The van der Waals surface area contributed by atoms with Crippen molar-refractivity contribution in [3.63, 3.8) is 0 Å². The van der Waals surface area contributed by atoms with Crippen LogP contribution in [0.4, 0.5) is 0 Å². The number of hydrogen-bond acceptors (Lipinski definition) is 4. The van der Waals surface area contributed by atoms with Gasteiger partial charge in [0.15, 0.2) is 0 Å². The van der Waals surface area contributed by atoms with Gasteiger partial charge in [0.05, 0.1) is 17.8 Å². The van der Waals surface area contributed by atoms with Crippen LogP contribution in [0.5, 0.6) is 0 Å². The molecule has 0 bridgehead atoms. The molecule has 4 fully saturated rings. The maximum atomic E-state index is 10.3. The Hall–Kier alpha value is -0.940. The van der Waals surface area contributed by atoms with Crippen LogP contribution in [0.1, 0.15) is 78.6 Å². The summed E-state index contributed by atoms with van der Waals surface area (Å²) in [4.78, 5) is 2.58. The van der Waals surface area contributed by atoms with E-state index in [4.69, 9.17) is 0 Å². The molecule has 2 unspecified atom stereocenters. The van der Waals surface area contributed by atoms with Crippen LogP contribution in [0.2, 0.25) is 0 Å². The van der Waals surface area contributed by atoms with Crippen LogP contribution in [0.15, 0.2) is 35.5 Å². The highest BCUT2D eigenvalue weighted by Crippen LogP contribution is 2.59. The number of piperidine rings is 1. The summed E-state index contributed by atoms with van der Waals surface area (Å²) < 4.78 is 0. The van der Waals surface area contributed by atoms with Crippen LogP contribution in [0.3, 0.4) is 0 Å². The highest BCUT2D eigenvalue weighted by molar-refractivity contribution is 5.38. The summed E-state index contributed by atoms with van der Waals surface area (Å²) >= 11 is 0. The van der Waals surface area contributed by atoms with Crippen molar-refractivity contribution < 1.29 is 15.3 Å². The largest absolute Gasteiger partial charge is 0.393 e. The van der Waals surface area contributed by atoms with Gasteiger partial charge in [-0.2, -0.15) is 0 Å². The predicted molar refractivity (Wildman–Crippen MR) is 130 cm³/mol. The molecule has 4 heteroatoms. The van der Waals surface area contributed by atoms with Gasteiger partial charge >= 0.3 is 0 Å². The molecule has 180 valence electrons. The zero-order valence-corrected chi connectivity index (χ0v) is 20.5. The molecule has 3 aliphatic carbocycles. The van der Waals surface area contributed by atoms with Crippen molar-refractivity contribution in [3.05, 3.63) is 35.5 Å². The fourth-order valence-electron chi connectivity index (χ4n) is 7.43. The lowest BCUT2D eigenvalue weighted by Crippen LogP contribution is -2.46. The van der Waals surface area contributed by atoms with Crippen LogP contribution < -0.4 is 0 Å². The molecule has 1 heterocycles. The Morgan fingerprint density at radius 1 is 1.12 bits per heavy atom. The number of likely N-dealkylation sites (tertiary alicyclic amines) is 1. The van der Waals surface area contributed by atoms with E-state index in [1.54, 1.807) is 5.57 Å². The lowest BCUT2D eigenvalue weighted by Gasteiger charge is -2.46. The zero-order valence-electron chi connectivity index (χ0n) is 20.5. The molecule has 0 aromatic carbocycles. The molecule has 0 amide bonds. The van der Waals surface area contributed by atoms with Gasteiger partial charge in [-0.05, 0) is 92.6 Å². The Morgan fingerprint density at radius 3 is 2.56 bits per heavy atom. The average molecular weight is 444 g/mol. The Labute approximate surface area is 195 Å². The molecule has 3 saturated carbocycles. The number of fused-ring (bicyclic) bond motifs is 1. The normalized spacial score (nSPS) is 41.8. The van der Waals surface area contributed by atoms with Crippen molar-refractivity contribution >= 4 is 0 Å². The summed E-state index contributed by atoms with van der Waals surface area (Å²) in [5.74, 6) is 2.07.